The van der Waals surface area contributed by atoms with Crippen molar-refractivity contribution in [3.63, 3.8) is 0 Å². The van der Waals surface area contributed by atoms with Gasteiger partial charge in [-0.1, -0.05) is 60.7 Å². The average Bonchev–Trinajstić information content (AvgIpc) is 2.70. The summed E-state index contributed by atoms with van der Waals surface area (Å²) in [7, 11) is 2.04. The lowest BCUT2D eigenvalue weighted by Crippen LogP contribution is -2.21. The highest BCUT2D eigenvalue weighted by atomic mass is 16.5. The Hall–Kier alpha value is -3.07. The van der Waals surface area contributed by atoms with Gasteiger partial charge in [-0.15, -0.1) is 0 Å². The molecule has 0 aliphatic carbocycles. The summed E-state index contributed by atoms with van der Waals surface area (Å²) < 4.78 is 5.83. The second kappa shape index (κ2) is 10.3. The van der Waals surface area contributed by atoms with Gasteiger partial charge in [-0.05, 0) is 50.8 Å². The molecular formula is C25H30N2O. The van der Waals surface area contributed by atoms with Gasteiger partial charge in [-0.3, -0.25) is 4.99 Å². The highest BCUT2D eigenvalue weighted by Gasteiger charge is 2.13. The second-order valence-corrected chi connectivity index (χ2v) is 6.86. The van der Waals surface area contributed by atoms with Gasteiger partial charge in [0.1, 0.15) is 5.75 Å². The summed E-state index contributed by atoms with van der Waals surface area (Å²) in [5, 5.41) is 0. The summed E-state index contributed by atoms with van der Waals surface area (Å²) >= 11 is 0. The van der Waals surface area contributed by atoms with Crippen LogP contribution in [-0.4, -0.2) is 31.8 Å². The van der Waals surface area contributed by atoms with Crippen molar-refractivity contribution in [1.82, 2.24) is 4.90 Å². The van der Waals surface area contributed by atoms with Crippen LogP contribution < -0.4 is 4.74 Å². The van der Waals surface area contributed by atoms with Crippen LogP contribution in [0.5, 0.6) is 5.75 Å². The van der Waals surface area contributed by atoms with Crippen LogP contribution in [0.15, 0.2) is 78.5 Å². The van der Waals surface area contributed by atoms with Gasteiger partial charge in [0.25, 0.3) is 0 Å². The van der Waals surface area contributed by atoms with Crippen LogP contribution in [0.1, 0.15) is 30.0 Å². The van der Waals surface area contributed by atoms with E-state index in [1.165, 1.54) is 5.56 Å². The first-order valence-corrected chi connectivity index (χ1v) is 9.47. The normalized spacial score (nSPS) is 11.4. The smallest absolute Gasteiger partial charge is 0.119 e. The number of rotatable bonds is 10. The lowest BCUT2D eigenvalue weighted by Gasteiger charge is -2.23. The number of hydrogen-bond donors (Lipinski definition) is 0. The van der Waals surface area contributed by atoms with Crippen molar-refractivity contribution in [2.24, 2.45) is 4.99 Å². The zero-order valence-electron chi connectivity index (χ0n) is 17.2. The molecule has 0 saturated carbocycles. The third kappa shape index (κ3) is 5.46. The molecule has 3 nitrogen and oxygen atoms in total. The number of ether oxygens (including phenoxy) is 1. The molecule has 0 atom stereocenters. The molecule has 0 spiro atoms. The van der Waals surface area contributed by atoms with Crippen LogP contribution in [0, 0.1) is 6.92 Å². The first-order chi connectivity index (χ1) is 13.5. The van der Waals surface area contributed by atoms with E-state index in [1.54, 1.807) is 0 Å². The molecule has 2 rings (SSSR count). The summed E-state index contributed by atoms with van der Waals surface area (Å²) in [6.07, 6.45) is 2.72. The van der Waals surface area contributed by atoms with E-state index in [-0.39, 0.29) is 0 Å². The fourth-order valence-electron chi connectivity index (χ4n) is 3.05. The van der Waals surface area contributed by atoms with Crippen molar-refractivity contribution in [2.45, 2.75) is 20.3 Å². The standard InChI is InChI=1S/C25H30N2O/c1-7-24(25(26-5)23-12-9-8-11-22(23)19(2)3)27(6)17-10-18-28-21-15-13-20(4)14-16-21/h7-9,11-16H,1-2,5,10,17-18H2,3-4,6H3/b25-24-. The SMILES string of the molecule is C=C/C(=C(/N=C)c1ccccc1C(=C)C)N(C)CCCOc1ccc(C)cc1. The molecule has 146 valence electrons. The number of nitrogens with zero attached hydrogens (tertiary/aromatic N) is 2. The Balaban J connectivity index is 2.10. The van der Waals surface area contributed by atoms with E-state index in [4.69, 9.17) is 4.74 Å². The van der Waals surface area contributed by atoms with Gasteiger partial charge >= 0.3 is 0 Å². The lowest BCUT2D eigenvalue weighted by atomic mass is 9.98. The van der Waals surface area contributed by atoms with Gasteiger partial charge in [-0.2, -0.15) is 0 Å². The van der Waals surface area contributed by atoms with E-state index in [0.29, 0.717) is 6.61 Å². The summed E-state index contributed by atoms with van der Waals surface area (Å²) in [5.41, 5.74) is 6.07. The Kier molecular flexibility index (Phi) is 7.82. The van der Waals surface area contributed by atoms with E-state index in [9.17, 15) is 0 Å². The summed E-state index contributed by atoms with van der Waals surface area (Å²) in [6.45, 7) is 17.4. The molecule has 0 unspecified atom stereocenters. The summed E-state index contributed by atoms with van der Waals surface area (Å²) in [6, 6.07) is 16.2. The maximum atomic E-state index is 5.83. The molecular weight excluding hydrogens is 344 g/mol. The number of aliphatic imine (C=N–C) groups is 1. The predicted molar refractivity (Wildman–Crippen MR) is 122 cm³/mol. The molecule has 0 radical (unpaired) electrons. The Morgan fingerprint density at radius 1 is 1.11 bits per heavy atom. The monoisotopic (exact) mass is 374 g/mol. The molecule has 2 aromatic carbocycles. The van der Waals surface area contributed by atoms with Crippen LogP contribution in [0.3, 0.4) is 0 Å². The molecule has 0 aliphatic heterocycles. The second-order valence-electron chi connectivity index (χ2n) is 6.86. The van der Waals surface area contributed by atoms with Crippen molar-refractivity contribution >= 4 is 18.0 Å². The Morgan fingerprint density at radius 3 is 2.32 bits per heavy atom. The maximum absolute atomic E-state index is 5.83. The predicted octanol–water partition coefficient (Wildman–Crippen LogP) is 5.98. The molecule has 0 heterocycles. The van der Waals surface area contributed by atoms with Crippen LogP contribution in [0.2, 0.25) is 0 Å². The molecule has 0 N–H and O–H groups in total. The highest BCUT2D eigenvalue weighted by Crippen LogP contribution is 2.29. The first-order valence-electron chi connectivity index (χ1n) is 9.47. The van der Waals surface area contributed by atoms with E-state index in [0.717, 1.165) is 46.8 Å². The molecule has 3 heteroatoms. The van der Waals surface area contributed by atoms with Gasteiger partial charge < -0.3 is 9.64 Å². The molecule has 0 fully saturated rings. The number of likely N-dealkylation sites (N-methyl/N-ethyl adjacent to an activating group) is 1. The van der Waals surface area contributed by atoms with Gasteiger partial charge in [0.2, 0.25) is 0 Å². The molecule has 2 aromatic rings. The summed E-state index contributed by atoms with van der Waals surface area (Å²) in [5.74, 6) is 0.900. The van der Waals surface area contributed by atoms with Gasteiger partial charge in [0.05, 0.1) is 18.0 Å². The molecule has 0 bridgehead atoms. The first kappa shape index (κ1) is 21.2. The van der Waals surface area contributed by atoms with Gasteiger partial charge in [0.15, 0.2) is 0 Å². The van der Waals surface area contributed by atoms with Crippen LogP contribution in [-0.2, 0) is 0 Å². The van der Waals surface area contributed by atoms with E-state index >= 15 is 0 Å². The Bertz CT molecular complexity index is 862. The maximum Gasteiger partial charge on any atom is 0.119 e. The number of allylic oxidation sites excluding steroid dienone is 2. The van der Waals surface area contributed by atoms with Crippen molar-refractivity contribution < 1.29 is 4.74 Å². The number of benzene rings is 2. The third-order valence-electron chi connectivity index (χ3n) is 4.57. The fourth-order valence-corrected chi connectivity index (χ4v) is 3.05. The van der Waals surface area contributed by atoms with Gasteiger partial charge in [-0.25, -0.2) is 0 Å². The number of aryl methyl sites for hydroxylation is 1. The van der Waals surface area contributed by atoms with Gasteiger partial charge in [0, 0.05) is 19.2 Å². The minimum Gasteiger partial charge on any atom is -0.494 e. The van der Waals surface area contributed by atoms with E-state index < -0.39 is 0 Å². The van der Waals surface area contributed by atoms with Crippen molar-refractivity contribution in [1.29, 1.82) is 0 Å². The topological polar surface area (TPSA) is 24.8 Å². The zero-order chi connectivity index (χ0) is 20.5. The third-order valence-corrected chi connectivity index (χ3v) is 4.57. The average molecular weight is 375 g/mol. The Morgan fingerprint density at radius 2 is 1.75 bits per heavy atom. The highest BCUT2D eigenvalue weighted by molar-refractivity contribution is 5.81. The summed E-state index contributed by atoms with van der Waals surface area (Å²) in [4.78, 5) is 6.47. The quantitative estimate of drug-likeness (QED) is 0.290. The lowest BCUT2D eigenvalue weighted by molar-refractivity contribution is 0.286. The number of hydrogen-bond acceptors (Lipinski definition) is 3. The Labute approximate surface area is 169 Å². The van der Waals surface area contributed by atoms with Crippen molar-refractivity contribution in [3.8, 4) is 5.75 Å². The fraction of sp³-hybridized carbons (Fsp3) is 0.240. The van der Waals surface area contributed by atoms with Crippen molar-refractivity contribution in [2.75, 3.05) is 20.2 Å². The molecule has 0 amide bonds. The molecule has 0 aromatic heterocycles. The molecule has 0 aliphatic rings. The van der Waals surface area contributed by atoms with Crippen LogP contribution in [0.25, 0.3) is 11.3 Å². The zero-order valence-corrected chi connectivity index (χ0v) is 17.2. The largest absolute Gasteiger partial charge is 0.494 e. The minimum atomic E-state index is 0.650. The van der Waals surface area contributed by atoms with Crippen LogP contribution >= 0.6 is 0 Å². The van der Waals surface area contributed by atoms with E-state index in [1.807, 2.05) is 50.4 Å². The molecule has 28 heavy (non-hydrogen) atoms. The molecule has 0 saturated heterocycles. The van der Waals surface area contributed by atoms with E-state index in [2.05, 4.69) is 54.9 Å². The van der Waals surface area contributed by atoms with Crippen LogP contribution in [0.4, 0.5) is 0 Å². The minimum absolute atomic E-state index is 0.650. The van der Waals surface area contributed by atoms with Crippen molar-refractivity contribution in [3.05, 3.63) is 90.2 Å².